The standard InChI is InChI=1S/C21H20FN3O3S/c1-13-8-20(25-21(23-13)14-4-6-15(22)7-5-14)29-12-19(26)24-16-9-17(27-2)11-18(10-16)28-3/h4-11H,12H2,1-3H3,(H,24,26). The van der Waals surface area contributed by atoms with Gasteiger partial charge in [-0.15, -0.1) is 0 Å². The molecule has 3 aromatic rings. The van der Waals surface area contributed by atoms with Crippen LogP contribution in [0.3, 0.4) is 0 Å². The van der Waals surface area contributed by atoms with E-state index in [4.69, 9.17) is 9.47 Å². The Hall–Kier alpha value is -3.13. The van der Waals surface area contributed by atoms with Crippen molar-refractivity contribution in [3.63, 3.8) is 0 Å². The van der Waals surface area contributed by atoms with Crippen molar-refractivity contribution >= 4 is 23.4 Å². The largest absolute Gasteiger partial charge is 0.497 e. The van der Waals surface area contributed by atoms with Crippen LogP contribution in [0.2, 0.25) is 0 Å². The van der Waals surface area contributed by atoms with Gasteiger partial charge in [0.2, 0.25) is 5.91 Å². The lowest BCUT2D eigenvalue weighted by atomic mass is 10.2. The van der Waals surface area contributed by atoms with E-state index in [0.717, 1.165) is 5.69 Å². The van der Waals surface area contributed by atoms with Crippen LogP contribution in [0.15, 0.2) is 53.6 Å². The molecule has 3 rings (SSSR count). The number of ether oxygens (including phenoxy) is 2. The Bertz CT molecular complexity index is 990. The summed E-state index contributed by atoms with van der Waals surface area (Å²) in [5.74, 6) is 1.32. The number of anilines is 1. The molecule has 0 aliphatic rings. The molecule has 1 N–H and O–H groups in total. The normalized spacial score (nSPS) is 10.5. The Labute approximate surface area is 172 Å². The van der Waals surface area contributed by atoms with Crippen LogP contribution in [-0.4, -0.2) is 35.8 Å². The second kappa shape index (κ2) is 9.38. The molecule has 0 radical (unpaired) electrons. The number of carbonyl (C=O) groups excluding carboxylic acids is 1. The van der Waals surface area contributed by atoms with E-state index in [-0.39, 0.29) is 17.5 Å². The molecule has 0 aliphatic heterocycles. The van der Waals surface area contributed by atoms with Crippen LogP contribution >= 0.6 is 11.8 Å². The number of carbonyl (C=O) groups is 1. The molecule has 2 aromatic carbocycles. The van der Waals surface area contributed by atoms with Crippen molar-refractivity contribution < 1.29 is 18.7 Å². The Balaban J connectivity index is 1.68. The van der Waals surface area contributed by atoms with Crippen LogP contribution in [0.25, 0.3) is 11.4 Å². The average Bonchev–Trinajstić information content (AvgIpc) is 2.72. The van der Waals surface area contributed by atoms with Gasteiger partial charge < -0.3 is 14.8 Å². The van der Waals surface area contributed by atoms with Crippen LogP contribution in [0, 0.1) is 12.7 Å². The van der Waals surface area contributed by atoms with E-state index < -0.39 is 0 Å². The van der Waals surface area contributed by atoms with Crippen LogP contribution in [-0.2, 0) is 4.79 Å². The van der Waals surface area contributed by atoms with Crippen molar-refractivity contribution in [2.24, 2.45) is 0 Å². The van der Waals surface area contributed by atoms with E-state index in [0.29, 0.717) is 33.6 Å². The third-order valence-corrected chi connectivity index (χ3v) is 4.83. The molecule has 150 valence electrons. The molecular weight excluding hydrogens is 393 g/mol. The molecule has 8 heteroatoms. The summed E-state index contributed by atoms with van der Waals surface area (Å²) in [4.78, 5) is 21.2. The maximum Gasteiger partial charge on any atom is 0.234 e. The van der Waals surface area contributed by atoms with E-state index in [1.165, 1.54) is 23.9 Å². The first kappa shape index (κ1) is 20.6. The molecule has 1 amide bonds. The van der Waals surface area contributed by atoms with E-state index in [9.17, 15) is 9.18 Å². The number of hydrogen-bond donors (Lipinski definition) is 1. The smallest absolute Gasteiger partial charge is 0.234 e. The minimum absolute atomic E-state index is 0.166. The first-order valence-electron chi connectivity index (χ1n) is 8.74. The first-order valence-corrected chi connectivity index (χ1v) is 9.72. The van der Waals surface area contributed by atoms with Crippen LogP contribution in [0.1, 0.15) is 5.69 Å². The summed E-state index contributed by atoms with van der Waals surface area (Å²) in [6.45, 7) is 1.85. The molecule has 0 saturated carbocycles. The zero-order chi connectivity index (χ0) is 20.8. The Morgan fingerprint density at radius 1 is 1.03 bits per heavy atom. The summed E-state index contributed by atoms with van der Waals surface area (Å²) >= 11 is 1.29. The van der Waals surface area contributed by atoms with Crippen LogP contribution < -0.4 is 14.8 Å². The maximum absolute atomic E-state index is 13.1. The van der Waals surface area contributed by atoms with Crippen molar-refractivity contribution in [3.8, 4) is 22.9 Å². The molecule has 0 unspecified atom stereocenters. The molecule has 0 saturated heterocycles. The summed E-state index contributed by atoms with van der Waals surface area (Å²) < 4.78 is 23.6. The number of methoxy groups -OCH3 is 2. The zero-order valence-corrected chi connectivity index (χ0v) is 17.0. The predicted molar refractivity (Wildman–Crippen MR) is 111 cm³/mol. The Morgan fingerprint density at radius 2 is 1.69 bits per heavy atom. The fraction of sp³-hybridized carbons (Fsp3) is 0.190. The number of amides is 1. The number of rotatable bonds is 7. The minimum atomic E-state index is -0.318. The van der Waals surface area contributed by atoms with E-state index in [1.54, 1.807) is 50.6 Å². The van der Waals surface area contributed by atoms with Gasteiger partial charge >= 0.3 is 0 Å². The lowest BCUT2D eigenvalue weighted by molar-refractivity contribution is -0.113. The number of halogens is 1. The molecular formula is C21H20FN3O3S. The Kier molecular flexibility index (Phi) is 6.66. The molecule has 0 spiro atoms. The number of aromatic nitrogens is 2. The number of hydrogen-bond acceptors (Lipinski definition) is 6. The topological polar surface area (TPSA) is 73.3 Å². The highest BCUT2D eigenvalue weighted by molar-refractivity contribution is 7.99. The number of benzene rings is 2. The average molecular weight is 413 g/mol. The number of nitrogens with zero attached hydrogens (tertiary/aromatic N) is 2. The molecule has 0 fully saturated rings. The highest BCUT2D eigenvalue weighted by Crippen LogP contribution is 2.26. The molecule has 29 heavy (non-hydrogen) atoms. The monoisotopic (exact) mass is 413 g/mol. The molecule has 0 atom stereocenters. The lowest BCUT2D eigenvalue weighted by Gasteiger charge is -2.10. The first-order chi connectivity index (χ1) is 14.0. The van der Waals surface area contributed by atoms with Gasteiger partial charge in [-0.3, -0.25) is 4.79 Å². The van der Waals surface area contributed by atoms with Gasteiger partial charge in [0.25, 0.3) is 0 Å². The van der Waals surface area contributed by atoms with E-state index in [1.807, 2.05) is 6.92 Å². The second-order valence-electron chi connectivity index (χ2n) is 6.12. The molecule has 0 aliphatic carbocycles. The van der Waals surface area contributed by atoms with Gasteiger partial charge in [-0.25, -0.2) is 14.4 Å². The van der Waals surface area contributed by atoms with Gasteiger partial charge in [0, 0.05) is 35.1 Å². The molecule has 0 bridgehead atoms. The van der Waals surface area contributed by atoms with Gasteiger partial charge in [0.1, 0.15) is 22.3 Å². The van der Waals surface area contributed by atoms with Gasteiger partial charge in [0.15, 0.2) is 5.82 Å². The van der Waals surface area contributed by atoms with Crippen molar-refractivity contribution in [3.05, 3.63) is 60.0 Å². The third kappa shape index (κ3) is 5.68. The van der Waals surface area contributed by atoms with Crippen molar-refractivity contribution in [2.45, 2.75) is 11.9 Å². The minimum Gasteiger partial charge on any atom is -0.497 e. The van der Waals surface area contributed by atoms with Crippen molar-refractivity contribution in [1.29, 1.82) is 0 Å². The van der Waals surface area contributed by atoms with Gasteiger partial charge in [-0.2, -0.15) is 0 Å². The van der Waals surface area contributed by atoms with E-state index >= 15 is 0 Å². The quantitative estimate of drug-likeness (QED) is 0.459. The van der Waals surface area contributed by atoms with Crippen LogP contribution in [0.5, 0.6) is 11.5 Å². The summed E-state index contributed by atoms with van der Waals surface area (Å²) in [5.41, 5.74) is 2.06. The lowest BCUT2D eigenvalue weighted by Crippen LogP contribution is -2.14. The zero-order valence-electron chi connectivity index (χ0n) is 16.2. The van der Waals surface area contributed by atoms with Crippen molar-refractivity contribution in [2.75, 3.05) is 25.3 Å². The number of nitrogens with one attached hydrogen (secondary N) is 1. The fourth-order valence-electron chi connectivity index (χ4n) is 2.56. The summed E-state index contributed by atoms with van der Waals surface area (Å²) in [5, 5.41) is 3.49. The van der Waals surface area contributed by atoms with Gasteiger partial charge in [0.05, 0.1) is 20.0 Å². The highest BCUT2D eigenvalue weighted by atomic mass is 32.2. The predicted octanol–water partition coefficient (Wildman–Crippen LogP) is 4.34. The van der Waals surface area contributed by atoms with E-state index in [2.05, 4.69) is 15.3 Å². The summed E-state index contributed by atoms with van der Waals surface area (Å²) in [7, 11) is 3.10. The third-order valence-electron chi connectivity index (χ3n) is 3.92. The highest BCUT2D eigenvalue weighted by Gasteiger charge is 2.10. The number of thioether (sulfide) groups is 1. The van der Waals surface area contributed by atoms with Crippen molar-refractivity contribution in [1.82, 2.24) is 9.97 Å². The van der Waals surface area contributed by atoms with Gasteiger partial charge in [-0.05, 0) is 37.3 Å². The SMILES string of the molecule is COc1cc(NC(=O)CSc2cc(C)nc(-c3ccc(F)cc3)n2)cc(OC)c1. The van der Waals surface area contributed by atoms with Gasteiger partial charge in [-0.1, -0.05) is 11.8 Å². The second-order valence-corrected chi connectivity index (χ2v) is 7.11. The number of aryl methyl sites for hydroxylation is 1. The van der Waals surface area contributed by atoms with Crippen LogP contribution in [0.4, 0.5) is 10.1 Å². The fourth-order valence-corrected chi connectivity index (χ4v) is 3.31. The molecule has 1 aromatic heterocycles. The Morgan fingerprint density at radius 3 is 2.31 bits per heavy atom. The molecule has 1 heterocycles. The summed E-state index contributed by atoms with van der Waals surface area (Å²) in [6, 6.07) is 12.9. The summed E-state index contributed by atoms with van der Waals surface area (Å²) in [6.07, 6.45) is 0. The maximum atomic E-state index is 13.1. The molecule has 6 nitrogen and oxygen atoms in total.